The zero-order chi connectivity index (χ0) is 14.0. The molecule has 0 aromatic carbocycles. The third kappa shape index (κ3) is 2.94. The van der Waals surface area contributed by atoms with Gasteiger partial charge in [-0.15, -0.1) is 11.3 Å². The van der Waals surface area contributed by atoms with Gasteiger partial charge in [-0.1, -0.05) is 24.4 Å². The van der Waals surface area contributed by atoms with Crippen molar-refractivity contribution in [1.82, 2.24) is 9.88 Å². The van der Waals surface area contributed by atoms with Gasteiger partial charge in [0.1, 0.15) is 4.21 Å². The first-order valence-electron chi connectivity index (χ1n) is 6.68. The molecule has 1 fully saturated rings. The van der Waals surface area contributed by atoms with Crippen molar-refractivity contribution in [3.8, 4) is 10.6 Å². The van der Waals surface area contributed by atoms with Gasteiger partial charge in [0.15, 0.2) is 5.76 Å². The number of rotatable bonds is 4. The number of sulfonamides is 1. The van der Waals surface area contributed by atoms with Crippen molar-refractivity contribution in [2.45, 2.75) is 42.4 Å². The molecule has 1 saturated carbocycles. The Kier molecular flexibility index (Phi) is 3.91. The molecule has 2 heterocycles. The van der Waals surface area contributed by atoms with E-state index in [2.05, 4.69) is 9.88 Å². The Morgan fingerprint density at radius 3 is 2.70 bits per heavy atom. The van der Waals surface area contributed by atoms with Crippen molar-refractivity contribution in [2.75, 3.05) is 0 Å². The maximum atomic E-state index is 12.3. The number of thiophene rings is 1. The molecule has 1 aliphatic rings. The molecule has 0 atom stereocenters. The molecule has 20 heavy (non-hydrogen) atoms. The van der Waals surface area contributed by atoms with E-state index in [0.717, 1.165) is 30.6 Å². The van der Waals surface area contributed by atoms with Crippen molar-refractivity contribution < 1.29 is 12.9 Å². The van der Waals surface area contributed by atoms with E-state index in [9.17, 15) is 8.42 Å². The predicted octanol–water partition coefficient (Wildman–Crippen LogP) is 3.01. The lowest BCUT2D eigenvalue weighted by Crippen LogP contribution is -2.35. The summed E-state index contributed by atoms with van der Waals surface area (Å²) in [6.07, 6.45) is 6.80. The van der Waals surface area contributed by atoms with Gasteiger partial charge in [0, 0.05) is 12.1 Å². The second-order valence-corrected chi connectivity index (χ2v) is 7.98. The second kappa shape index (κ2) is 5.67. The second-order valence-electron chi connectivity index (χ2n) is 4.95. The summed E-state index contributed by atoms with van der Waals surface area (Å²) in [5.74, 6) is 0.592. The Morgan fingerprint density at radius 1 is 1.20 bits per heavy atom. The highest BCUT2D eigenvalue weighted by Gasteiger charge is 2.23. The van der Waals surface area contributed by atoms with Crippen LogP contribution in [-0.2, 0) is 10.0 Å². The average molecular weight is 312 g/mol. The summed E-state index contributed by atoms with van der Waals surface area (Å²) in [6, 6.07) is 5.16. The number of nitrogens with one attached hydrogen (secondary N) is 1. The first-order valence-corrected chi connectivity index (χ1v) is 8.98. The summed E-state index contributed by atoms with van der Waals surface area (Å²) in [5.41, 5.74) is 0. The fourth-order valence-corrected chi connectivity index (χ4v) is 5.02. The molecule has 7 heteroatoms. The van der Waals surface area contributed by atoms with Gasteiger partial charge in [-0.25, -0.2) is 13.1 Å². The van der Waals surface area contributed by atoms with E-state index in [1.807, 2.05) is 0 Å². The molecular formula is C13H16N2O3S2. The van der Waals surface area contributed by atoms with Crippen LogP contribution in [0.3, 0.4) is 0 Å². The number of hydrogen-bond donors (Lipinski definition) is 1. The minimum absolute atomic E-state index is 0.0737. The Balaban J connectivity index is 1.77. The number of nitrogens with zero attached hydrogens (tertiary/aromatic N) is 1. The largest absolute Gasteiger partial charge is 0.355 e. The average Bonchev–Trinajstić information content (AvgIpc) is 3.11. The van der Waals surface area contributed by atoms with E-state index >= 15 is 0 Å². The number of hydrogen-bond acceptors (Lipinski definition) is 5. The van der Waals surface area contributed by atoms with Crippen LogP contribution in [0.15, 0.2) is 33.1 Å². The summed E-state index contributed by atoms with van der Waals surface area (Å²) < 4.78 is 32.8. The molecule has 2 aromatic heterocycles. The fourth-order valence-electron chi connectivity index (χ4n) is 2.44. The predicted molar refractivity (Wildman–Crippen MR) is 77.0 cm³/mol. The van der Waals surface area contributed by atoms with Crippen molar-refractivity contribution in [2.24, 2.45) is 0 Å². The summed E-state index contributed by atoms with van der Waals surface area (Å²) in [6.45, 7) is 0. The summed E-state index contributed by atoms with van der Waals surface area (Å²) in [4.78, 5) is 0.770. The van der Waals surface area contributed by atoms with Crippen LogP contribution in [0.25, 0.3) is 10.6 Å². The third-order valence-electron chi connectivity index (χ3n) is 3.45. The van der Waals surface area contributed by atoms with Crippen LogP contribution >= 0.6 is 11.3 Å². The minimum atomic E-state index is -3.42. The molecule has 2 aromatic rings. The van der Waals surface area contributed by atoms with E-state index in [-0.39, 0.29) is 6.04 Å². The van der Waals surface area contributed by atoms with Gasteiger partial charge >= 0.3 is 0 Å². The molecule has 108 valence electrons. The van der Waals surface area contributed by atoms with Crippen molar-refractivity contribution in [1.29, 1.82) is 0 Å². The smallest absolute Gasteiger partial charge is 0.250 e. The van der Waals surface area contributed by atoms with Crippen LogP contribution in [0.2, 0.25) is 0 Å². The van der Waals surface area contributed by atoms with Crippen LogP contribution in [0.5, 0.6) is 0 Å². The van der Waals surface area contributed by atoms with E-state index in [0.29, 0.717) is 9.97 Å². The molecule has 0 spiro atoms. The Morgan fingerprint density at radius 2 is 2.00 bits per heavy atom. The summed E-state index contributed by atoms with van der Waals surface area (Å²) in [7, 11) is -3.42. The molecular weight excluding hydrogens is 296 g/mol. The van der Waals surface area contributed by atoms with Crippen LogP contribution in [0, 0.1) is 0 Å². The molecule has 0 saturated heterocycles. The van der Waals surface area contributed by atoms with Crippen LogP contribution in [0.4, 0.5) is 0 Å². The van der Waals surface area contributed by atoms with Gasteiger partial charge in [-0.05, 0) is 25.0 Å². The minimum Gasteiger partial charge on any atom is -0.355 e. The number of aromatic nitrogens is 1. The Labute approximate surface area is 122 Å². The quantitative estimate of drug-likeness (QED) is 0.942. The lowest BCUT2D eigenvalue weighted by Gasteiger charge is -2.22. The van der Waals surface area contributed by atoms with Crippen LogP contribution in [-0.4, -0.2) is 19.6 Å². The van der Waals surface area contributed by atoms with E-state index < -0.39 is 10.0 Å². The van der Waals surface area contributed by atoms with Gasteiger partial charge in [-0.2, -0.15) is 0 Å². The van der Waals surface area contributed by atoms with Gasteiger partial charge < -0.3 is 4.52 Å². The highest BCUT2D eigenvalue weighted by molar-refractivity contribution is 7.91. The maximum Gasteiger partial charge on any atom is 0.250 e. The molecule has 0 aliphatic heterocycles. The Bertz CT molecular complexity index is 656. The fraction of sp³-hybridized carbons (Fsp3) is 0.462. The molecule has 1 N–H and O–H groups in total. The molecule has 5 nitrogen and oxygen atoms in total. The maximum absolute atomic E-state index is 12.3. The van der Waals surface area contributed by atoms with E-state index in [1.165, 1.54) is 17.8 Å². The highest BCUT2D eigenvalue weighted by Crippen LogP contribution is 2.31. The van der Waals surface area contributed by atoms with Gasteiger partial charge in [0.25, 0.3) is 0 Å². The van der Waals surface area contributed by atoms with Gasteiger partial charge in [-0.3, -0.25) is 0 Å². The molecule has 1 aliphatic carbocycles. The topological polar surface area (TPSA) is 72.2 Å². The molecule has 3 rings (SSSR count). The Hall–Kier alpha value is -1.18. The molecule has 0 bridgehead atoms. The van der Waals surface area contributed by atoms with Gasteiger partial charge in [0.2, 0.25) is 10.0 Å². The molecule has 0 radical (unpaired) electrons. The first-order chi connectivity index (χ1) is 9.65. The summed E-state index contributed by atoms with van der Waals surface area (Å²) >= 11 is 1.20. The van der Waals surface area contributed by atoms with Crippen LogP contribution in [0.1, 0.15) is 32.1 Å². The highest BCUT2D eigenvalue weighted by atomic mass is 32.2. The zero-order valence-corrected chi connectivity index (χ0v) is 12.5. The standard InChI is InChI=1S/C13H16N2O3S2/c16-20(17,15-10-4-2-1-3-5-10)13-7-6-12(19-13)11-8-9-14-18-11/h6-10,15H,1-5H2. The van der Waals surface area contributed by atoms with Gasteiger partial charge in [0.05, 0.1) is 11.1 Å². The van der Waals surface area contributed by atoms with Crippen LogP contribution < -0.4 is 4.72 Å². The van der Waals surface area contributed by atoms with E-state index in [4.69, 9.17) is 4.52 Å². The lowest BCUT2D eigenvalue weighted by atomic mass is 9.96. The van der Waals surface area contributed by atoms with E-state index in [1.54, 1.807) is 24.4 Å². The van der Waals surface area contributed by atoms with Crippen molar-refractivity contribution >= 4 is 21.4 Å². The molecule has 0 unspecified atom stereocenters. The summed E-state index contributed by atoms with van der Waals surface area (Å²) in [5, 5.41) is 3.63. The monoisotopic (exact) mass is 312 g/mol. The molecule has 0 amide bonds. The normalized spacial score (nSPS) is 17.4. The first kappa shape index (κ1) is 13.8. The third-order valence-corrected chi connectivity index (χ3v) is 6.57. The SMILES string of the molecule is O=S(=O)(NC1CCCCC1)c1ccc(-c2ccno2)s1. The lowest BCUT2D eigenvalue weighted by molar-refractivity contribution is 0.412. The van der Waals surface area contributed by atoms with Crippen molar-refractivity contribution in [3.63, 3.8) is 0 Å². The zero-order valence-electron chi connectivity index (χ0n) is 10.9. The van der Waals surface area contributed by atoms with Crippen molar-refractivity contribution in [3.05, 3.63) is 24.4 Å².